The lowest BCUT2D eigenvalue weighted by atomic mass is 10.2. The van der Waals surface area contributed by atoms with Crippen LogP contribution >= 0.6 is 11.3 Å². The number of amides is 2. The molecule has 0 bridgehead atoms. The van der Waals surface area contributed by atoms with Gasteiger partial charge in [0.2, 0.25) is 0 Å². The largest absolute Gasteiger partial charge is 0.477 e. The van der Waals surface area contributed by atoms with E-state index in [4.69, 9.17) is 5.11 Å². The number of carbonyl (C=O) groups excluding carboxylic acids is 1. The van der Waals surface area contributed by atoms with E-state index in [1.54, 1.807) is 11.6 Å². The Kier molecular flexibility index (Phi) is 4.83. The highest BCUT2D eigenvalue weighted by Crippen LogP contribution is 2.10. The van der Waals surface area contributed by atoms with Gasteiger partial charge in [-0.05, 0) is 18.6 Å². The first-order chi connectivity index (χ1) is 10.1. The standard InChI is InChI=1S/C13H14N4O3S/c1-8-11(21-7-17-8)6-16-13(20)15-5-9-2-3-10(12(18)19)14-4-9/h2-4,7H,5-6H2,1H3,(H,18,19)(H2,15,16,20). The molecule has 0 aliphatic rings. The Morgan fingerprint density at radius 1 is 1.24 bits per heavy atom. The predicted octanol–water partition coefficient (Wildman–Crippen LogP) is 1.54. The molecule has 7 nitrogen and oxygen atoms in total. The van der Waals surface area contributed by atoms with Crippen molar-refractivity contribution in [2.24, 2.45) is 0 Å². The summed E-state index contributed by atoms with van der Waals surface area (Å²) in [4.78, 5) is 31.2. The smallest absolute Gasteiger partial charge is 0.354 e. The predicted molar refractivity (Wildman–Crippen MR) is 77.1 cm³/mol. The fourth-order valence-electron chi connectivity index (χ4n) is 1.56. The van der Waals surface area contributed by atoms with E-state index in [-0.39, 0.29) is 18.3 Å². The van der Waals surface area contributed by atoms with E-state index in [0.717, 1.165) is 16.1 Å². The SMILES string of the molecule is Cc1ncsc1CNC(=O)NCc1ccc(C(=O)O)nc1. The zero-order chi connectivity index (χ0) is 15.2. The molecule has 2 aromatic rings. The van der Waals surface area contributed by atoms with Gasteiger partial charge in [0, 0.05) is 17.6 Å². The van der Waals surface area contributed by atoms with Crippen molar-refractivity contribution in [3.63, 3.8) is 0 Å². The van der Waals surface area contributed by atoms with Crippen LogP contribution in [-0.2, 0) is 13.1 Å². The fraction of sp³-hybridized carbons (Fsp3) is 0.231. The molecule has 2 amide bonds. The van der Waals surface area contributed by atoms with Crippen LogP contribution in [0.2, 0.25) is 0 Å². The minimum Gasteiger partial charge on any atom is -0.477 e. The van der Waals surface area contributed by atoms with Gasteiger partial charge < -0.3 is 15.7 Å². The second-order valence-corrected chi connectivity index (χ2v) is 5.19. The molecule has 2 heterocycles. The molecular weight excluding hydrogens is 292 g/mol. The normalized spacial score (nSPS) is 10.1. The zero-order valence-corrected chi connectivity index (χ0v) is 12.1. The second-order valence-electron chi connectivity index (χ2n) is 4.25. The van der Waals surface area contributed by atoms with Crippen LogP contribution in [0.4, 0.5) is 4.79 Å². The summed E-state index contributed by atoms with van der Waals surface area (Å²) >= 11 is 1.49. The molecule has 2 aromatic heterocycles. The number of hydrogen-bond donors (Lipinski definition) is 3. The Morgan fingerprint density at radius 2 is 2.00 bits per heavy atom. The summed E-state index contributed by atoms with van der Waals surface area (Å²) in [5.74, 6) is -1.08. The lowest BCUT2D eigenvalue weighted by Crippen LogP contribution is -2.34. The number of nitrogens with one attached hydrogen (secondary N) is 2. The van der Waals surface area contributed by atoms with Gasteiger partial charge in [-0.1, -0.05) is 6.07 Å². The first-order valence-electron chi connectivity index (χ1n) is 6.15. The summed E-state index contributed by atoms with van der Waals surface area (Å²) < 4.78 is 0. The van der Waals surface area contributed by atoms with Gasteiger partial charge in [-0.15, -0.1) is 11.3 Å². The summed E-state index contributed by atoms with van der Waals surface area (Å²) in [5, 5.41) is 14.1. The third kappa shape index (κ3) is 4.25. The van der Waals surface area contributed by atoms with Crippen molar-refractivity contribution in [3.05, 3.63) is 45.7 Å². The summed E-state index contributed by atoms with van der Waals surface area (Å²) in [5.41, 5.74) is 3.35. The number of aromatic nitrogens is 2. The molecule has 0 unspecified atom stereocenters. The van der Waals surface area contributed by atoms with Crippen LogP contribution in [0.15, 0.2) is 23.8 Å². The molecule has 8 heteroatoms. The average molecular weight is 306 g/mol. The third-order valence-corrected chi connectivity index (χ3v) is 3.69. The van der Waals surface area contributed by atoms with E-state index in [1.165, 1.54) is 23.6 Å². The third-order valence-electron chi connectivity index (χ3n) is 2.75. The van der Waals surface area contributed by atoms with Crippen LogP contribution in [0, 0.1) is 6.92 Å². The van der Waals surface area contributed by atoms with Gasteiger partial charge in [0.25, 0.3) is 0 Å². The maximum Gasteiger partial charge on any atom is 0.354 e. The molecule has 0 aromatic carbocycles. The second kappa shape index (κ2) is 6.80. The van der Waals surface area contributed by atoms with Crippen molar-refractivity contribution < 1.29 is 14.7 Å². The van der Waals surface area contributed by atoms with Crippen LogP contribution < -0.4 is 10.6 Å². The zero-order valence-electron chi connectivity index (χ0n) is 11.3. The first kappa shape index (κ1) is 14.9. The Balaban J connectivity index is 1.78. The lowest BCUT2D eigenvalue weighted by Gasteiger charge is -2.07. The van der Waals surface area contributed by atoms with Crippen molar-refractivity contribution in [1.82, 2.24) is 20.6 Å². The van der Waals surface area contributed by atoms with E-state index in [1.807, 2.05) is 6.92 Å². The summed E-state index contributed by atoms with van der Waals surface area (Å²) in [6, 6.07) is 2.72. The maximum atomic E-state index is 11.6. The van der Waals surface area contributed by atoms with Crippen LogP contribution in [-0.4, -0.2) is 27.1 Å². The Hall–Kier alpha value is -2.48. The highest BCUT2D eigenvalue weighted by atomic mass is 32.1. The minimum atomic E-state index is -1.08. The highest BCUT2D eigenvalue weighted by Gasteiger charge is 2.06. The van der Waals surface area contributed by atoms with Crippen molar-refractivity contribution in [1.29, 1.82) is 0 Å². The molecule has 0 atom stereocenters. The Bertz CT molecular complexity index is 639. The lowest BCUT2D eigenvalue weighted by molar-refractivity contribution is 0.0690. The topological polar surface area (TPSA) is 104 Å². The molecule has 0 saturated heterocycles. The monoisotopic (exact) mass is 306 g/mol. The highest BCUT2D eigenvalue weighted by molar-refractivity contribution is 7.09. The van der Waals surface area contributed by atoms with Gasteiger partial charge >= 0.3 is 12.0 Å². The van der Waals surface area contributed by atoms with E-state index in [0.29, 0.717) is 6.54 Å². The van der Waals surface area contributed by atoms with E-state index in [2.05, 4.69) is 20.6 Å². The van der Waals surface area contributed by atoms with Gasteiger partial charge in [-0.2, -0.15) is 0 Å². The number of carbonyl (C=O) groups is 2. The number of nitrogens with zero attached hydrogens (tertiary/aromatic N) is 2. The Labute approximate surface area is 125 Å². The van der Waals surface area contributed by atoms with Crippen molar-refractivity contribution in [2.75, 3.05) is 0 Å². The Morgan fingerprint density at radius 3 is 2.57 bits per heavy atom. The van der Waals surface area contributed by atoms with Crippen LogP contribution in [0.5, 0.6) is 0 Å². The molecule has 0 saturated carbocycles. The van der Waals surface area contributed by atoms with Crippen molar-refractivity contribution in [3.8, 4) is 0 Å². The van der Waals surface area contributed by atoms with E-state index >= 15 is 0 Å². The van der Waals surface area contributed by atoms with E-state index in [9.17, 15) is 9.59 Å². The first-order valence-corrected chi connectivity index (χ1v) is 7.03. The number of pyridine rings is 1. The molecule has 0 radical (unpaired) electrons. The van der Waals surface area contributed by atoms with Crippen molar-refractivity contribution >= 4 is 23.3 Å². The summed E-state index contributed by atoms with van der Waals surface area (Å²) in [6.07, 6.45) is 1.43. The molecular formula is C13H14N4O3S. The van der Waals surface area contributed by atoms with Gasteiger partial charge in [-0.3, -0.25) is 0 Å². The van der Waals surface area contributed by atoms with Gasteiger partial charge in [0.05, 0.1) is 17.7 Å². The number of hydrogen-bond acceptors (Lipinski definition) is 5. The molecule has 0 aliphatic heterocycles. The average Bonchev–Trinajstić information content (AvgIpc) is 2.88. The summed E-state index contributed by atoms with van der Waals surface area (Å²) in [6.45, 7) is 2.60. The number of aromatic carboxylic acids is 1. The van der Waals surface area contributed by atoms with Crippen LogP contribution in [0.3, 0.4) is 0 Å². The van der Waals surface area contributed by atoms with E-state index < -0.39 is 5.97 Å². The molecule has 3 N–H and O–H groups in total. The fourth-order valence-corrected chi connectivity index (χ4v) is 2.27. The minimum absolute atomic E-state index is 0.0242. The molecule has 21 heavy (non-hydrogen) atoms. The maximum absolute atomic E-state index is 11.6. The van der Waals surface area contributed by atoms with Gasteiger partial charge in [0.1, 0.15) is 5.69 Å². The van der Waals surface area contributed by atoms with Crippen LogP contribution in [0.25, 0.3) is 0 Å². The van der Waals surface area contributed by atoms with Gasteiger partial charge in [-0.25, -0.2) is 19.6 Å². The van der Waals surface area contributed by atoms with Gasteiger partial charge in [0.15, 0.2) is 0 Å². The number of thiazole rings is 1. The summed E-state index contributed by atoms with van der Waals surface area (Å²) in [7, 11) is 0. The number of urea groups is 1. The molecule has 0 aliphatic carbocycles. The number of aryl methyl sites for hydroxylation is 1. The molecule has 110 valence electrons. The number of carboxylic acid groups (broad SMARTS) is 1. The van der Waals surface area contributed by atoms with Crippen LogP contribution in [0.1, 0.15) is 26.6 Å². The quantitative estimate of drug-likeness (QED) is 0.777. The molecule has 0 fully saturated rings. The van der Waals surface area contributed by atoms with Crippen molar-refractivity contribution in [2.45, 2.75) is 20.0 Å². The number of carboxylic acids is 1. The molecule has 0 spiro atoms. The molecule has 2 rings (SSSR count). The number of rotatable bonds is 5.